The Morgan fingerprint density at radius 1 is 1.05 bits per heavy atom. The lowest BCUT2D eigenvalue weighted by Gasteiger charge is -2.11. The summed E-state index contributed by atoms with van der Waals surface area (Å²) < 4.78 is 51.1. The van der Waals surface area contributed by atoms with E-state index in [-0.39, 0.29) is 18.0 Å². The van der Waals surface area contributed by atoms with Gasteiger partial charge in [0.25, 0.3) is 0 Å². The first-order valence-corrected chi connectivity index (χ1v) is 10.2. The maximum absolute atomic E-state index is 12.1. The Morgan fingerprint density at radius 2 is 1.50 bits per heavy atom. The van der Waals surface area contributed by atoms with E-state index in [1.165, 1.54) is 12.1 Å². The van der Waals surface area contributed by atoms with Crippen molar-refractivity contribution in [2.24, 2.45) is 0 Å². The summed E-state index contributed by atoms with van der Waals surface area (Å²) >= 11 is 6.27. The molecule has 0 saturated heterocycles. The summed E-state index contributed by atoms with van der Waals surface area (Å²) in [6.07, 6.45) is 0.995. The standard InChI is InChI=1S/C9H13Br2N3O4S2/c1-19(15,16)13-2-3-14-20(17,18)9-7(10)4-6(12)5-8(9)11/h4-5,13-14H,2-3,12H2,1H3. The number of benzene rings is 1. The molecule has 1 rings (SSSR count). The summed E-state index contributed by atoms with van der Waals surface area (Å²) in [5.41, 5.74) is 5.99. The van der Waals surface area contributed by atoms with Gasteiger partial charge in [0, 0.05) is 27.7 Å². The van der Waals surface area contributed by atoms with Gasteiger partial charge in [-0.2, -0.15) is 0 Å². The third-order valence-corrected chi connectivity index (χ3v) is 6.14. The highest BCUT2D eigenvalue weighted by Gasteiger charge is 2.21. The van der Waals surface area contributed by atoms with Gasteiger partial charge >= 0.3 is 0 Å². The Bertz CT molecular complexity index is 681. The molecular formula is C9H13Br2N3O4S2. The number of rotatable bonds is 6. The minimum Gasteiger partial charge on any atom is -0.399 e. The maximum atomic E-state index is 12.1. The number of hydrogen-bond donors (Lipinski definition) is 3. The van der Waals surface area contributed by atoms with E-state index in [1.807, 2.05) is 0 Å². The summed E-state index contributed by atoms with van der Waals surface area (Å²) in [7, 11) is -7.14. The molecule has 0 heterocycles. The van der Waals surface area contributed by atoms with Crippen molar-refractivity contribution in [1.29, 1.82) is 0 Å². The smallest absolute Gasteiger partial charge is 0.242 e. The maximum Gasteiger partial charge on any atom is 0.242 e. The Morgan fingerprint density at radius 3 is 1.95 bits per heavy atom. The van der Waals surface area contributed by atoms with Crippen LogP contribution in [-0.4, -0.2) is 36.2 Å². The lowest BCUT2D eigenvalue weighted by atomic mass is 10.3. The summed E-state index contributed by atoms with van der Waals surface area (Å²) in [5.74, 6) is 0. The highest BCUT2D eigenvalue weighted by Crippen LogP contribution is 2.32. The fraction of sp³-hybridized carbons (Fsp3) is 0.333. The average Bonchev–Trinajstić information content (AvgIpc) is 2.21. The van der Waals surface area contributed by atoms with E-state index in [9.17, 15) is 16.8 Å². The molecule has 0 unspecified atom stereocenters. The predicted octanol–water partition coefficient (Wildman–Crippen LogP) is 0.621. The summed E-state index contributed by atoms with van der Waals surface area (Å²) in [4.78, 5) is 0.00561. The van der Waals surface area contributed by atoms with Crippen molar-refractivity contribution in [2.45, 2.75) is 4.90 Å². The van der Waals surface area contributed by atoms with Gasteiger partial charge < -0.3 is 5.73 Å². The number of sulfonamides is 2. The number of hydrogen-bond acceptors (Lipinski definition) is 5. The van der Waals surface area contributed by atoms with E-state index in [2.05, 4.69) is 41.3 Å². The summed E-state index contributed by atoms with van der Waals surface area (Å²) in [6, 6.07) is 2.93. The van der Waals surface area contributed by atoms with E-state index >= 15 is 0 Å². The molecule has 0 atom stereocenters. The fourth-order valence-corrected chi connectivity index (χ4v) is 5.45. The molecule has 0 aliphatic rings. The molecule has 20 heavy (non-hydrogen) atoms. The van der Waals surface area contributed by atoms with Crippen molar-refractivity contribution in [3.05, 3.63) is 21.1 Å². The van der Waals surface area contributed by atoms with E-state index in [4.69, 9.17) is 5.73 Å². The van der Waals surface area contributed by atoms with E-state index < -0.39 is 20.0 Å². The Balaban J connectivity index is 2.85. The van der Waals surface area contributed by atoms with Gasteiger partial charge in [-0.15, -0.1) is 0 Å². The molecule has 0 fully saturated rings. The number of nitrogen functional groups attached to an aromatic ring is 1. The van der Waals surface area contributed by atoms with Gasteiger partial charge in [0.15, 0.2) is 0 Å². The van der Waals surface area contributed by atoms with Crippen molar-refractivity contribution < 1.29 is 16.8 Å². The van der Waals surface area contributed by atoms with Gasteiger partial charge in [0.05, 0.1) is 6.26 Å². The van der Waals surface area contributed by atoms with Gasteiger partial charge in [-0.25, -0.2) is 26.3 Å². The molecule has 0 saturated carbocycles. The van der Waals surface area contributed by atoms with E-state index in [0.717, 1.165) is 6.26 Å². The third kappa shape index (κ3) is 5.30. The van der Waals surface area contributed by atoms with Crippen LogP contribution in [0.1, 0.15) is 0 Å². The van der Waals surface area contributed by atoms with E-state index in [0.29, 0.717) is 14.6 Å². The van der Waals surface area contributed by atoms with Crippen LogP contribution < -0.4 is 15.2 Å². The monoisotopic (exact) mass is 449 g/mol. The van der Waals surface area contributed by atoms with Crippen LogP contribution in [0.25, 0.3) is 0 Å². The number of halogens is 2. The molecule has 4 N–H and O–H groups in total. The molecule has 0 spiro atoms. The molecule has 114 valence electrons. The first kappa shape index (κ1) is 17.9. The second-order valence-electron chi connectivity index (χ2n) is 3.88. The first-order valence-electron chi connectivity index (χ1n) is 5.22. The fourth-order valence-electron chi connectivity index (χ4n) is 1.33. The van der Waals surface area contributed by atoms with Gasteiger partial charge in [0.2, 0.25) is 20.0 Å². The molecule has 11 heteroatoms. The first-order chi connectivity index (χ1) is 9.03. The predicted molar refractivity (Wildman–Crippen MR) is 84.3 cm³/mol. The highest BCUT2D eigenvalue weighted by molar-refractivity contribution is 9.11. The van der Waals surface area contributed by atoms with Crippen LogP contribution in [0, 0.1) is 0 Å². The quantitative estimate of drug-likeness (QED) is 0.433. The molecule has 0 radical (unpaired) electrons. The topological polar surface area (TPSA) is 118 Å². The molecule has 1 aromatic rings. The van der Waals surface area contributed by atoms with Crippen molar-refractivity contribution in [2.75, 3.05) is 25.1 Å². The number of anilines is 1. The highest BCUT2D eigenvalue weighted by atomic mass is 79.9. The van der Waals surface area contributed by atoms with Crippen molar-refractivity contribution in [1.82, 2.24) is 9.44 Å². The lowest BCUT2D eigenvalue weighted by Crippen LogP contribution is -2.34. The molecule has 0 bridgehead atoms. The van der Waals surface area contributed by atoms with Crippen LogP contribution in [0.2, 0.25) is 0 Å². The zero-order valence-electron chi connectivity index (χ0n) is 10.4. The lowest BCUT2D eigenvalue weighted by molar-refractivity contribution is 0.572. The minimum absolute atomic E-state index is 0.00561. The Labute approximate surface area is 134 Å². The summed E-state index contributed by atoms with van der Waals surface area (Å²) in [5, 5.41) is 0. The molecule has 0 aliphatic carbocycles. The summed E-state index contributed by atoms with van der Waals surface area (Å²) in [6.45, 7) is -0.110. The van der Waals surface area contributed by atoms with Crippen LogP contribution >= 0.6 is 31.9 Å². The minimum atomic E-state index is -3.79. The third-order valence-electron chi connectivity index (χ3n) is 2.07. The molecule has 7 nitrogen and oxygen atoms in total. The number of nitrogens with one attached hydrogen (secondary N) is 2. The Kier molecular flexibility index (Phi) is 5.99. The van der Waals surface area contributed by atoms with Crippen molar-refractivity contribution in [3.63, 3.8) is 0 Å². The van der Waals surface area contributed by atoms with E-state index in [1.54, 1.807) is 0 Å². The zero-order valence-corrected chi connectivity index (χ0v) is 15.2. The average molecular weight is 451 g/mol. The molecule has 0 aromatic heterocycles. The van der Waals surface area contributed by atoms with Crippen molar-refractivity contribution >= 4 is 57.6 Å². The zero-order chi connectivity index (χ0) is 15.6. The van der Waals surface area contributed by atoms with Crippen LogP contribution in [0.4, 0.5) is 5.69 Å². The van der Waals surface area contributed by atoms with Gasteiger partial charge in [-0.1, -0.05) is 0 Å². The molecular weight excluding hydrogens is 438 g/mol. The second-order valence-corrected chi connectivity index (χ2v) is 9.12. The van der Waals surface area contributed by atoms with Gasteiger partial charge in [-0.3, -0.25) is 0 Å². The molecule has 0 amide bonds. The second kappa shape index (κ2) is 6.71. The van der Waals surface area contributed by atoms with Crippen LogP contribution in [0.15, 0.2) is 26.0 Å². The van der Waals surface area contributed by atoms with Crippen LogP contribution in [-0.2, 0) is 20.0 Å². The van der Waals surface area contributed by atoms with Crippen molar-refractivity contribution in [3.8, 4) is 0 Å². The van der Waals surface area contributed by atoms with Gasteiger partial charge in [0.1, 0.15) is 4.90 Å². The van der Waals surface area contributed by atoms with Crippen LogP contribution in [0.3, 0.4) is 0 Å². The number of nitrogens with two attached hydrogens (primary N) is 1. The molecule has 0 aliphatic heterocycles. The van der Waals surface area contributed by atoms with Gasteiger partial charge in [-0.05, 0) is 44.0 Å². The largest absolute Gasteiger partial charge is 0.399 e. The Hall–Kier alpha value is -0.200. The molecule has 1 aromatic carbocycles. The SMILES string of the molecule is CS(=O)(=O)NCCNS(=O)(=O)c1c(Br)cc(N)cc1Br. The van der Waals surface area contributed by atoms with Crippen LogP contribution in [0.5, 0.6) is 0 Å². The normalized spacial score (nSPS) is 12.6.